The first-order valence-electron chi connectivity index (χ1n) is 7.71. The molecule has 20 heavy (non-hydrogen) atoms. The fourth-order valence-electron chi connectivity index (χ4n) is 3.21. The number of likely N-dealkylation sites (tertiary alicyclic amines) is 1. The highest BCUT2D eigenvalue weighted by molar-refractivity contribution is 5.36. The predicted octanol–water partition coefficient (Wildman–Crippen LogP) is 3.08. The Balaban J connectivity index is 2.12. The fourth-order valence-corrected chi connectivity index (χ4v) is 3.21. The third-order valence-electron chi connectivity index (χ3n) is 4.78. The molecule has 3 unspecified atom stereocenters. The van der Waals surface area contributed by atoms with Crippen molar-refractivity contribution in [3.8, 4) is 5.75 Å². The number of piperidine rings is 1. The van der Waals surface area contributed by atoms with Crippen molar-refractivity contribution in [2.75, 3.05) is 27.2 Å². The highest BCUT2D eigenvalue weighted by Crippen LogP contribution is 2.29. The molecule has 1 aromatic carbocycles. The van der Waals surface area contributed by atoms with Crippen molar-refractivity contribution in [2.45, 2.75) is 38.8 Å². The van der Waals surface area contributed by atoms with E-state index in [9.17, 15) is 0 Å². The summed E-state index contributed by atoms with van der Waals surface area (Å²) in [7, 11) is 3.78. The van der Waals surface area contributed by atoms with Crippen molar-refractivity contribution in [1.82, 2.24) is 10.2 Å². The molecule has 0 amide bonds. The van der Waals surface area contributed by atoms with Gasteiger partial charge in [0.2, 0.25) is 0 Å². The van der Waals surface area contributed by atoms with Crippen molar-refractivity contribution in [3.05, 3.63) is 29.8 Å². The monoisotopic (exact) mass is 276 g/mol. The van der Waals surface area contributed by atoms with Crippen molar-refractivity contribution in [3.63, 3.8) is 0 Å². The van der Waals surface area contributed by atoms with E-state index in [0.717, 1.165) is 18.2 Å². The molecule has 3 heteroatoms. The lowest BCUT2D eigenvalue weighted by Crippen LogP contribution is -2.46. The van der Waals surface area contributed by atoms with Gasteiger partial charge in [-0.05, 0) is 45.3 Å². The Bertz CT molecular complexity index is 421. The first-order chi connectivity index (χ1) is 9.67. The van der Waals surface area contributed by atoms with E-state index in [1.807, 2.05) is 19.2 Å². The summed E-state index contributed by atoms with van der Waals surface area (Å²) in [6.45, 7) is 6.98. The number of rotatable bonds is 5. The summed E-state index contributed by atoms with van der Waals surface area (Å²) in [6, 6.07) is 9.30. The van der Waals surface area contributed by atoms with E-state index in [2.05, 4.69) is 36.2 Å². The van der Waals surface area contributed by atoms with Crippen LogP contribution in [0.3, 0.4) is 0 Å². The summed E-state index contributed by atoms with van der Waals surface area (Å²) in [4.78, 5) is 2.61. The average molecular weight is 276 g/mol. The third-order valence-corrected chi connectivity index (χ3v) is 4.78. The van der Waals surface area contributed by atoms with Gasteiger partial charge in [0, 0.05) is 24.2 Å². The van der Waals surface area contributed by atoms with E-state index in [-0.39, 0.29) is 0 Å². The molecule has 3 nitrogen and oxygen atoms in total. The molecule has 0 spiro atoms. The van der Waals surface area contributed by atoms with Gasteiger partial charge >= 0.3 is 0 Å². The van der Waals surface area contributed by atoms with Crippen LogP contribution in [0.5, 0.6) is 5.75 Å². The molecule has 0 aliphatic carbocycles. The van der Waals surface area contributed by atoms with Crippen LogP contribution in [0.4, 0.5) is 0 Å². The normalized spacial score (nSPS) is 25.4. The molecule has 1 aromatic rings. The Kier molecular flexibility index (Phi) is 5.44. The Labute approximate surface area is 123 Å². The largest absolute Gasteiger partial charge is 0.496 e. The second-order valence-corrected chi connectivity index (χ2v) is 5.94. The minimum Gasteiger partial charge on any atom is -0.496 e. The number of methoxy groups -OCH3 is 1. The zero-order valence-corrected chi connectivity index (χ0v) is 13.2. The third kappa shape index (κ3) is 3.33. The standard InChI is InChI=1S/C17H28N2O/c1-13-8-7-11-19(14(13)2)12-16(18-3)15-9-5-6-10-17(15)20-4/h5-6,9-10,13-14,16,18H,7-8,11-12H2,1-4H3. The lowest BCUT2D eigenvalue weighted by Gasteiger charge is -2.40. The Morgan fingerprint density at radius 2 is 2.10 bits per heavy atom. The van der Waals surface area contributed by atoms with Gasteiger partial charge in [-0.25, -0.2) is 0 Å². The first-order valence-corrected chi connectivity index (χ1v) is 7.71. The summed E-state index contributed by atoms with van der Waals surface area (Å²) in [5.74, 6) is 1.77. The number of benzene rings is 1. The highest BCUT2D eigenvalue weighted by atomic mass is 16.5. The molecule has 1 N–H and O–H groups in total. The van der Waals surface area contributed by atoms with Gasteiger partial charge in [0.15, 0.2) is 0 Å². The molecule has 1 aliphatic heterocycles. The molecule has 1 fully saturated rings. The average Bonchev–Trinajstić information content (AvgIpc) is 2.49. The van der Waals surface area contributed by atoms with Crippen molar-refractivity contribution >= 4 is 0 Å². The SMILES string of the molecule is CNC(CN1CCCC(C)C1C)c1ccccc1OC. The molecular formula is C17H28N2O. The molecule has 112 valence electrons. The van der Waals surface area contributed by atoms with Crippen LogP contribution < -0.4 is 10.1 Å². The van der Waals surface area contributed by atoms with E-state index in [1.165, 1.54) is 24.9 Å². The Morgan fingerprint density at radius 3 is 2.80 bits per heavy atom. The van der Waals surface area contributed by atoms with Gasteiger partial charge in [0.1, 0.15) is 5.75 Å². The number of likely N-dealkylation sites (N-methyl/N-ethyl adjacent to an activating group) is 1. The van der Waals surface area contributed by atoms with Crippen molar-refractivity contribution in [2.24, 2.45) is 5.92 Å². The maximum Gasteiger partial charge on any atom is 0.123 e. The minimum atomic E-state index is 0.318. The van der Waals surface area contributed by atoms with E-state index in [4.69, 9.17) is 4.74 Å². The molecular weight excluding hydrogens is 248 g/mol. The minimum absolute atomic E-state index is 0.318. The zero-order valence-electron chi connectivity index (χ0n) is 13.2. The second kappa shape index (κ2) is 7.09. The zero-order chi connectivity index (χ0) is 14.5. The van der Waals surface area contributed by atoms with Crippen LogP contribution in [0.15, 0.2) is 24.3 Å². The highest BCUT2D eigenvalue weighted by Gasteiger charge is 2.27. The summed E-state index contributed by atoms with van der Waals surface area (Å²) in [5, 5.41) is 3.45. The summed E-state index contributed by atoms with van der Waals surface area (Å²) >= 11 is 0. The summed E-state index contributed by atoms with van der Waals surface area (Å²) in [6.07, 6.45) is 2.67. The lowest BCUT2D eigenvalue weighted by molar-refractivity contribution is 0.102. The second-order valence-electron chi connectivity index (χ2n) is 5.94. The van der Waals surface area contributed by atoms with Crippen LogP contribution in [0, 0.1) is 5.92 Å². The number of hydrogen-bond acceptors (Lipinski definition) is 3. The molecule has 0 bridgehead atoms. The molecule has 0 saturated carbocycles. The number of ether oxygens (including phenoxy) is 1. The van der Waals surface area contributed by atoms with Gasteiger partial charge in [0.05, 0.1) is 7.11 Å². The van der Waals surface area contributed by atoms with Gasteiger partial charge < -0.3 is 10.1 Å². The smallest absolute Gasteiger partial charge is 0.123 e. The first kappa shape index (κ1) is 15.3. The van der Waals surface area contributed by atoms with Crippen LogP contribution in [-0.4, -0.2) is 38.2 Å². The van der Waals surface area contributed by atoms with E-state index >= 15 is 0 Å². The van der Waals surface area contributed by atoms with Crippen LogP contribution in [0.2, 0.25) is 0 Å². The number of hydrogen-bond donors (Lipinski definition) is 1. The van der Waals surface area contributed by atoms with Crippen LogP contribution >= 0.6 is 0 Å². The fraction of sp³-hybridized carbons (Fsp3) is 0.647. The summed E-state index contributed by atoms with van der Waals surface area (Å²) in [5.41, 5.74) is 1.25. The Morgan fingerprint density at radius 1 is 1.35 bits per heavy atom. The number of nitrogens with zero attached hydrogens (tertiary/aromatic N) is 1. The number of nitrogens with one attached hydrogen (secondary N) is 1. The molecule has 1 heterocycles. The summed E-state index contributed by atoms with van der Waals surface area (Å²) < 4.78 is 5.51. The number of para-hydroxylation sites is 1. The maximum atomic E-state index is 5.51. The molecule has 1 aliphatic rings. The quantitative estimate of drug-likeness (QED) is 0.894. The van der Waals surface area contributed by atoms with Crippen LogP contribution in [0.25, 0.3) is 0 Å². The van der Waals surface area contributed by atoms with Crippen molar-refractivity contribution < 1.29 is 4.74 Å². The van der Waals surface area contributed by atoms with E-state index < -0.39 is 0 Å². The molecule has 0 radical (unpaired) electrons. The molecule has 2 rings (SSSR count). The van der Waals surface area contributed by atoms with Crippen LogP contribution in [0.1, 0.15) is 38.3 Å². The van der Waals surface area contributed by atoms with E-state index in [1.54, 1.807) is 7.11 Å². The Hall–Kier alpha value is -1.06. The van der Waals surface area contributed by atoms with Gasteiger partial charge in [-0.15, -0.1) is 0 Å². The molecule has 0 aromatic heterocycles. The lowest BCUT2D eigenvalue weighted by atomic mass is 9.91. The molecule has 1 saturated heterocycles. The van der Waals surface area contributed by atoms with Gasteiger partial charge in [-0.3, -0.25) is 4.90 Å². The maximum absolute atomic E-state index is 5.51. The van der Waals surface area contributed by atoms with Crippen molar-refractivity contribution in [1.29, 1.82) is 0 Å². The van der Waals surface area contributed by atoms with Gasteiger partial charge in [0.25, 0.3) is 0 Å². The predicted molar refractivity (Wildman–Crippen MR) is 84.2 cm³/mol. The topological polar surface area (TPSA) is 24.5 Å². The van der Waals surface area contributed by atoms with E-state index in [0.29, 0.717) is 12.1 Å². The van der Waals surface area contributed by atoms with Gasteiger partial charge in [-0.2, -0.15) is 0 Å². The van der Waals surface area contributed by atoms with Gasteiger partial charge in [-0.1, -0.05) is 25.1 Å². The molecule has 3 atom stereocenters. The van der Waals surface area contributed by atoms with Crippen LogP contribution in [-0.2, 0) is 0 Å².